The fraction of sp³-hybridized carbons (Fsp3) is 0.0333. The van der Waals surface area contributed by atoms with Gasteiger partial charge in [0.2, 0.25) is 0 Å². The summed E-state index contributed by atoms with van der Waals surface area (Å²) in [5, 5.41) is 0. The van der Waals surface area contributed by atoms with Gasteiger partial charge in [-0.25, -0.2) is 9.97 Å². The van der Waals surface area contributed by atoms with E-state index in [1.54, 1.807) is 0 Å². The molecule has 2 atom stereocenters. The Morgan fingerprint density at radius 1 is 0.274 bits per heavy atom. The van der Waals surface area contributed by atoms with Crippen LogP contribution in [0.5, 0.6) is 0 Å². The molecule has 288 valence electrons. The van der Waals surface area contributed by atoms with E-state index in [1.807, 2.05) is 24.3 Å². The zero-order valence-corrected chi connectivity index (χ0v) is 33.8. The Kier molecular flexibility index (Phi) is 7.47. The summed E-state index contributed by atoms with van der Waals surface area (Å²) in [5.74, 6) is 0.712. The normalized spacial score (nSPS) is 17.2. The van der Waals surface area contributed by atoms with Gasteiger partial charge in [0.05, 0.1) is 22.2 Å². The summed E-state index contributed by atoms with van der Waals surface area (Å²) in [7, 11) is 0. The van der Waals surface area contributed by atoms with Crippen molar-refractivity contribution in [3.05, 3.63) is 275 Å². The zero-order valence-electron chi connectivity index (χ0n) is 33.8. The van der Waals surface area contributed by atoms with Crippen molar-refractivity contribution in [2.24, 2.45) is 0 Å². The molecule has 1 spiro atoms. The number of benzene rings is 9. The highest BCUT2D eigenvalue weighted by molar-refractivity contribution is 6.00. The molecule has 0 amide bonds. The van der Waals surface area contributed by atoms with Crippen molar-refractivity contribution in [3.8, 4) is 67.3 Å². The summed E-state index contributed by atoms with van der Waals surface area (Å²) in [5.41, 5.74) is 22.2. The molecule has 62 heavy (non-hydrogen) atoms. The molecule has 9 aromatic carbocycles. The molecule has 1 aromatic heterocycles. The Morgan fingerprint density at radius 2 is 0.742 bits per heavy atom. The van der Waals surface area contributed by atoms with Crippen LogP contribution in [0.1, 0.15) is 44.5 Å². The lowest BCUT2D eigenvalue weighted by molar-refractivity contribution is 0.636. The Morgan fingerprint density at radius 3 is 1.47 bits per heavy atom. The molecular formula is C60H38N2. The molecule has 2 heteroatoms. The van der Waals surface area contributed by atoms with Crippen LogP contribution in [0.4, 0.5) is 0 Å². The second kappa shape index (κ2) is 13.3. The van der Waals surface area contributed by atoms with Crippen LogP contribution in [0, 0.1) is 0 Å². The molecule has 0 radical (unpaired) electrons. The molecule has 10 aromatic rings. The SMILES string of the molecule is c1ccc(-c2cc(-c3cccc(-c4cccc5c4-c4ccccc4C54c5ccccc5C5(c6ccccc6)c6ccccc6-c6cccc4c65)c3)nc(-c3ccccc3)n2)cc1. The van der Waals surface area contributed by atoms with Crippen molar-refractivity contribution < 1.29 is 0 Å². The Balaban J connectivity index is 1.06. The molecule has 3 aliphatic carbocycles. The fourth-order valence-electron chi connectivity index (χ4n) is 11.4. The van der Waals surface area contributed by atoms with Crippen LogP contribution in [0.25, 0.3) is 67.3 Å². The Bertz CT molecular complexity index is 3350. The molecule has 1 heterocycles. The van der Waals surface area contributed by atoms with Crippen molar-refractivity contribution in [1.82, 2.24) is 9.97 Å². The van der Waals surface area contributed by atoms with Crippen molar-refractivity contribution in [1.29, 1.82) is 0 Å². The Hall–Kier alpha value is -7.94. The van der Waals surface area contributed by atoms with Gasteiger partial charge in [-0.1, -0.05) is 218 Å². The lowest BCUT2D eigenvalue weighted by atomic mass is 9.52. The molecule has 0 N–H and O–H groups in total. The van der Waals surface area contributed by atoms with Gasteiger partial charge in [-0.05, 0) is 90.0 Å². The third-order valence-corrected chi connectivity index (χ3v) is 13.8. The van der Waals surface area contributed by atoms with E-state index in [9.17, 15) is 0 Å². The third-order valence-electron chi connectivity index (χ3n) is 13.8. The molecular weight excluding hydrogens is 749 g/mol. The van der Waals surface area contributed by atoms with E-state index < -0.39 is 10.8 Å². The first kappa shape index (κ1) is 34.9. The highest BCUT2D eigenvalue weighted by Crippen LogP contribution is 2.69. The van der Waals surface area contributed by atoms with Crippen LogP contribution in [0.3, 0.4) is 0 Å². The van der Waals surface area contributed by atoms with Crippen molar-refractivity contribution >= 4 is 0 Å². The lowest BCUT2D eigenvalue weighted by Gasteiger charge is -2.48. The van der Waals surface area contributed by atoms with Gasteiger partial charge in [0, 0.05) is 16.7 Å². The second-order valence-electron chi connectivity index (χ2n) is 16.7. The second-order valence-corrected chi connectivity index (χ2v) is 16.7. The quantitative estimate of drug-likeness (QED) is 0.174. The number of aromatic nitrogens is 2. The molecule has 0 fully saturated rings. The summed E-state index contributed by atoms with van der Waals surface area (Å²) in [6, 6.07) is 84.7. The summed E-state index contributed by atoms with van der Waals surface area (Å²) in [6.07, 6.45) is 0. The minimum absolute atomic E-state index is 0.468. The summed E-state index contributed by atoms with van der Waals surface area (Å²) in [4.78, 5) is 10.3. The minimum Gasteiger partial charge on any atom is -0.228 e. The van der Waals surface area contributed by atoms with Gasteiger partial charge in [0.1, 0.15) is 0 Å². The average Bonchev–Trinajstić information content (AvgIpc) is 3.83. The van der Waals surface area contributed by atoms with Gasteiger partial charge >= 0.3 is 0 Å². The summed E-state index contributed by atoms with van der Waals surface area (Å²) in [6.45, 7) is 0. The van der Waals surface area contributed by atoms with E-state index >= 15 is 0 Å². The van der Waals surface area contributed by atoms with E-state index in [0.717, 1.165) is 33.6 Å². The van der Waals surface area contributed by atoms with E-state index in [4.69, 9.17) is 9.97 Å². The maximum absolute atomic E-state index is 5.22. The number of nitrogens with zero attached hydrogens (tertiary/aromatic N) is 2. The van der Waals surface area contributed by atoms with Gasteiger partial charge in [-0.2, -0.15) is 0 Å². The van der Waals surface area contributed by atoms with E-state index in [0.29, 0.717) is 5.82 Å². The smallest absolute Gasteiger partial charge is 0.160 e. The van der Waals surface area contributed by atoms with E-state index in [2.05, 4.69) is 206 Å². The molecule has 0 saturated heterocycles. The van der Waals surface area contributed by atoms with Gasteiger partial charge in [0.15, 0.2) is 5.82 Å². The van der Waals surface area contributed by atoms with Crippen molar-refractivity contribution in [2.45, 2.75) is 10.8 Å². The first-order valence-electron chi connectivity index (χ1n) is 21.5. The number of hydrogen-bond donors (Lipinski definition) is 0. The predicted molar refractivity (Wildman–Crippen MR) is 252 cm³/mol. The third kappa shape index (κ3) is 4.64. The molecule has 13 rings (SSSR count). The van der Waals surface area contributed by atoms with Crippen molar-refractivity contribution in [3.63, 3.8) is 0 Å². The average molecular weight is 787 g/mol. The lowest BCUT2D eigenvalue weighted by Crippen LogP contribution is -2.43. The molecule has 0 saturated carbocycles. The molecule has 3 aliphatic rings. The van der Waals surface area contributed by atoms with Gasteiger partial charge in [-0.15, -0.1) is 0 Å². The maximum Gasteiger partial charge on any atom is 0.160 e. The minimum atomic E-state index is -0.552. The molecule has 2 nitrogen and oxygen atoms in total. The molecule has 0 aliphatic heterocycles. The van der Waals surface area contributed by atoms with Crippen LogP contribution in [0.2, 0.25) is 0 Å². The van der Waals surface area contributed by atoms with Gasteiger partial charge in [0.25, 0.3) is 0 Å². The first-order chi connectivity index (χ1) is 30.8. The zero-order chi connectivity index (χ0) is 40.8. The fourth-order valence-corrected chi connectivity index (χ4v) is 11.4. The van der Waals surface area contributed by atoms with Gasteiger partial charge in [-0.3, -0.25) is 0 Å². The summed E-state index contributed by atoms with van der Waals surface area (Å²) < 4.78 is 0. The summed E-state index contributed by atoms with van der Waals surface area (Å²) >= 11 is 0. The highest BCUT2D eigenvalue weighted by Gasteiger charge is 2.59. The van der Waals surface area contributed by atoms with Crippen LogP contribution < -0.4 is 0 Å². The standard InChI is InChI=1S/C60H38N2/c1-4-19-39(20-5-1)54-38-55(62-58(61-54)40-21-6-2-7-22-40)42-24-16-23-41(37-42)44-29-17-35-52-56(44)47-28-11-13-32-49(47)60(52)51-34-15-14-33-50(51)59(43-25-8-3-9-26-43)48-31-12-10-27-45(48)46-30-18-36-53(60)57(46)59/h1-38H. The van der Waals surface area contributed by atoms with Gasteiger partial charge < -0.3 is 0 Å². The van der Waals surface area contributed by atoms with Crippen molar-refractivity contribution in [2.75, 3.05) is 0 Å². The molecule has 0 bridgehead atoms. The largest absolute Gasteiger partial charge is 0.228 e. The molecule has 2 unspecified atom stereocenters. The maximum atomic E-state index is 5.22. The van der Waals surface area contributed by atoms with E-state index in [1.165, 1.54) is 72.3 Å². The van der Waals surface area contributed by atoms with Crippen LogP contribution in [-0.4, -0.2) is 9.97 Å². The van der Waals surface area contributed by atoms with Crippen LogP contribution in [0.15, 0.2) is 231 Å². The topological polar surface area (TPSA) is 25.8 Å². The predicted octanol–water partition coefficient (Wildman–Crippen LogP) is 14.2. The Labute approximate surface area is 361 Å². The number of fused-ring (bicyclic) bond motifs is 12. The van der Waals surface area contributed by atoms with Crippen LogP contribution in [-0.2, 0) is 10.8 Å². The van der Waals surface area contributed by atoms with E-state index in [-0.39, 0.29) is 0 Å². The van der Waals surface area contributed by atoms with Crippen LogP contribution >= 0.6 is 0 Å². The number of rotatable bonds is 5. The highest BCUT2D eigenvalue weighted by atomic mass is 14.9. The first-order valence-corrected chi connectivity index (χ1v) is 21.5. The number of hydrogen-bond acceptors (Lipinski definition) is 2. The monoisotopic (exact) mass is 786 g/mol.